The van der Waals surface area contributed by atoms with Crippen molar-refractivity contribution >= 4 is 17.5 Å². The van der Waals surface area contributed by atoms with Crippen LogP contribution in [0.3, 0.4) is 0 Å². The van der Waals surface area contributed by atoms with E-state index in [-0.39, 0.29) is 5.91 Å². The van der Waals surface area contributed by atoms with Gasteiger partial charge in [-0.15, -0.1) is 0 Å². The lowest BCUT2D eigenvalue weighted by molar-refractivity contribution is -0.127. The van der Waals surface area contributed by atoms with Gasteiger partial charge in [-0.2, -0.15) is 0 Å². The van der Waals surface area contributed by atoms with Gasteiger partial charge in [0.25, 0.3) is 5.91 Å². The topological polar surface area (TPSA) is 38.3 Å². The van der Waals surface area contributed by atoms with E-state index in [1.54, 1.807) is 6.92 Å². The summed E-state index contributed by atoms with van der Waals surface area (Å²) in [7, 11) is 0. The molecule has 23 heavy (non-hydrogen) atoms. The molecule has 0 aliphatic rings. The molecule has 0 bridgehead atoms. The van der Waals surface area contributed by atoms with Gasteiger partial charge in [0.05, 0.1) is 0 Å². The van der Waals surface area contributed by atoms with Crippen LogP contribution in [0.1, 0.15) is 29.2 Å². The van der Waals surface area contributed by atoms with Gasteiger partial charge < -0.3 is 10.1 Å². The highest BCUT2D eigenvalue weighted by Crippen LogP contribution is 2.26. The Balaban J connectivity index is 1.93. The third kappa shape index (κ3) is 4.73. The van der Waals surface area contributed by atoms with Gasteiger partial charge in [0.15, 0.2) is 6.10 Å². The molecule has 4 heteroatoms. The number of hydrogen-bond donors (Lipinski definition) is 1. The Morgan fingerprint density at radius 2 is 1.70 bits per heavy atom. The van der Waals surface area contributed by atoms with E-state index in [1.165, 1.54) is 5.56 Å². The second-order valence-electron chi connectivity index (χ2n) is 5.83. The van der Waals surface area contributed by atoms with E-state index in [0.29, 0.717) is 12.3 Å². The lowest BCUT2D eigenvalue weighted by atomic mass is 10.1. The van der Waals surface area contributed by atoms with Crippen molar-refractivity contribution in [2.24, 2.45) is 0 Å². The lowest BCUT2D eigenvalue weighted by Gasteiger charge is -2.16. The van der Waals surface area contributed by atoms with Gasteiger partial charge in [0.2, 0.25) is 0 Å². The molecular formula is C19H22ClNO2. The summed E-state index contributed by atoms with van der Waals surface area (Å²) < 4.78 is 5.73. The van der Waals surface area contributed by atoms with Crippen LogP contribution >= 0.6 is 11.6 Å². The number of amides is 1. The largest absolute Gasteiger partial charge is 0.481 e. The second kappa shape index (κ2) is 7.51. The minimum absolute atomic E-state index is 0.143. The van der Waals surface area contributed by atoms with Crippen LogP contribution in [-0.4, -0.2) is 12.0 Å². The van der Waals surface area contributed by atoms with Crippen molar-refractivity contribution in [1.29, 1.82) is 0 Å². The SMILES string of the molecule is Cc1ccc(CNC(=O)C(C)Oc2cc(C)c(Cl)c(C)c2)cc1. The predicted molar refractivity (Wildman–Crippen MR) is 94.0 cm³/mol. The molecule has 0 heterocycles. The summed E-state index contributed by atoms with van der Waals surface area (Å²) in [6, 6.07) is 11.8. The zero-order chi connectivity index (χ0) is 17.0. The van der Waals surface area contributed by atoms with Gasteiger partial charge >= 0.3 is 0 Å². The third-order valence-corrected chi connectivity index (χ3v) is 4.28. The number of benzene rings is 2. The summed E-state index contributed by atoms with van der Waals surface area (Å²) in [6.07, 6.45) is -0.569. The highest BCUT2D eigenvalue weighted by atomic mass is 35.5. The first kappa shape index (κ1) is 17.4. The molecule has 0 aromatic heterocycles. The zero-order valence-corrected chi connectivity index (χ0v) is 14.7. The number of carbonyl (C=O) groups is 1. The van der Waals surface area contributed by atoms with E-state index in [0.717, 1.165) is 21.7 Å². The van der Waals surface area contributed by atoms with E-state index in [2.05, 4.69) is 5.32 Å². The quantitative estimate of drug-likeness (QED) is 0.884. The predicted octanol–water partition coefficient (Wildman–Crippen LogP) is 4.35. The molecule has 2 aromatic rings. The Morgan fingerprint density at radius 3 is 2.26 bits per heavy atom. The van der Waals surface area contributed by atoms with Gasteiger partial charge in [-0.1, -0.05) is 41.4 Å². The minimum Gasteiger partial charge on any atom is -0.481 e. The number of hydrogen-bond acceptors (Lipinski definition) is 2. The zero-order valence-electron chi connectivity index (χ0n) is 13.9. The standard InChI is InChI=1S/C19H22ClNO2/c1-12-5-7-16(8-6-12)11-21-19(22)15(4)23-17-9-13(2)18(20)14(3)10-17/h5-10,15H,11H2,1-4H3,(H,21,22). The van der Waals surface area contributed by atoms with Crippen molar-refractivity contribution in [2.45, 2.75) is 40.3 Å². The van der Waals surface area contributed by atoms with Crippen molar-refractivity contribution in [3.63, 3.8) is 0 Å². The highest BCUT2D eigenvalue weighted by molar-refractivity contribution is 6.32. The monoisotopic (exact) mass is 331 g/mol. The Labute approximate surface area is 142 Å². The fraction of sp³-hybridized carbons (Fsp3) is 0.316. The fourth-order valence-corrected chi connectivity index (χ4v) is 2.38. The Kier molecular flexibility index (Phi) is 5.67. The Hall–Kier alpha value is -2.00. The molecule has 0 aliphatic heterocycles. The summed E-state index contributed by atoms with van der Waals surface area (Å²) >= 11 is 6.14. The normalized spacial score (nSPS) is 11.9. The molecule has 1 N–H and O–H groups in total. The van der Waals surface area contributed by atoms with Crippen molar-refractivity contribution in [1.82, 2.24) is 5.32 Å². The van der Waals surface area contributed by atoms with Crippen LogP contribution in [0, 0.1) is 20.8 Å². The molecule has 1 unspecified atom stereocenters. The molecule has 0 radical (unpaired) electrons. The molecule has 0 fully saturated rings. The van der Waals surface area contributed by atoms with E-state index < -0.39 is 6.10 Å². The summed E-state index contributed by atoms with van der Waals surface area (Å²) in [5.74, 6) is 0.512. The average Bonchev–Trinajstić information content (AvgIpc) is 2.51. The molecule has 0 saturated heterocycles. The van der Waals surface area contributed by atoms with Crippen LogP contribution < -0.4 is 10.1 Å². The average molecular weight is 332 g/mol. The minimum atomic E-state index is -0.569. The molecule has 1 amide bonds. The van der Waals surface area contributed by atoms with Gasteiger partial charge in [0, 0.05) is 11.6 Å². The molecule has 2 aromatic carbocycles. The summed E-state index contributed by atoms with van der Waals surface area (Å²) in [6.45, 7) is 8.11. The lowest BCUT2D eigenvalue weighted by Crippen LogP contribution is -2.35. The van der Waals surface area contributed by atoms with Crippen molar-refractivity contribution in [3.05, 3.63) is 63.7 Å². The highest BCUT2D eigenvalue weighted by Gasteiger charge is 2.15. The molecule has 2 rings (SSSR count). The smallest absolute Gasteiger partial charge is 0.261 e. The molecule has 0 aliphatic carbocycles. The molecular weight excluding hydrogens is 310 g/mol. The van der Waals surface area contributed by atoms with Crippen LogP contribution in [0.4, 0.5) is 0 Å². The number of aryl methyl sites for hydroxylation is 3. The first-order chi connectivity index (χ1) is 10.9. The van der Waals surface area contributed by atoms with Gasteiger partial charge in [0.1, 0.15) is 5.75 Å². The Morgan fingerprint density at radius 1 is 1.13 bits per heavy atom. The van der Waals surface area contributed by atoms with Crippen LogP contribution in [0.2, 0.25) is 5.02 Å². The van der Waals surface area contributed by atoms with E-state index in [4.69, 9.17) is 16.3 Å². The van der Waals surface area contributed by atoms with E-state index in [1.807, 2.05) is 57.2 Å². The number of nitrogens with one attached hydrogen (secondary N) is 1. The Bertz CT molecular complexity index is 672. The van der Waals surface area contributed by atoms with Crippen LogP contribution in [0.25, 0.3) is 0 Å². The van der Waals surface area contributed by atoms with Crippen LogP contribution in [0.15, 0.2) is 36.4 Å². The van der Waals surface area contributed by atoms with Crippen molar-refractivity contribution in [3.8, 4) is 5.75 Å². The number of halogens is 1. The molecule has 0 spiro atoms. The van der Waals surface area contributed by atoms with Crippen molar-refractivity contribution in [2.75, 3.05) is 0 Å². The second-order valence-corrected chi connectivity index (χ2v) is 6.21. The first-order valence-electron chi connectivity index (χ1n) is 7.63. The number of ether oxygens (including phenoxy) is 1. The van der Waals surface area contributed by atoms with Crippen LogP contribution in [0.5, 0.6) is 5.75 Å². The first-order valence-corrected chi connectivity index (χ1v) is 8.01. The van der Waals surface area contributed by atoms with Gasteiger partial charge in [-0.3, -0.25) is 4.79 Å². The van der Waals surface area contributed by atoms with E-state index >= 15 is 0 Å². The summed E-state index contributed by atoms with van der Waals surface area (Å²) in [4.78, 5) is 12.2. The molecule has 1 atom stereocenters. The fourth-order valence-electron chi connectivity index (χ4n) is 2.27. The summed E-state index contributed by atoms with van der Waals surface area (Å²) in [5, 5.41) is 3.62. The van der Waals surface area contributed by atoms with Crippen molar-refractivity contribution < 1.29 is 9.53 Å². The van der Waals surface area contributed by atoms with Gasteiger partial charge in [-0.05, 0) is 56.5 Å². The molecule has 0 saturated carbocycles. The number of rotatable bonds is 5. The number of carbonyl (C=O) groups excluding carboxylic acids is 1. The maximum atomic E-state index is 12.2. The third-order valence-electron chi connectivity index (χ3n) is 3.68. The molecule has 3 nitrogen and oxygen atoms in total. The maximum absolute atomic E-state index is 12.2. The van der Waals surface area contributed by atoms with Crippen LogP contribution in [-0.2, 0) is 11.3 Å². The van der Waals surface area contributed by atoms with E-state index in [9.17, 15) is 4.79 Å². The maximum Gasteiger partial charge on any atom is 0.261 e. The molecule has 122 valence electrons. The van der Waals surface area contributed by atoms with Gasteiger partial charge in [-0.25, -0.2) is 0 Å². The summed E-state index contributed by atoms with van der Waals surface area (Å²) in [5.41, 5.74) is 4.14.